The summed E-state index contributed by atoms with van der Waals surface area (Å²) in [4.78, 5) is 33.3. The van der Waals surface area contributed by atoms with E-state index in [1.54, 1.807) is 6.07 Å². The summed E-state index contributed by atoms with van der Waals surface area (Å²) in [6.07, 6.45) is -5.10. The maximum absolute atomic E-state index is 13.5. The Morgan fingerprint density at radius 1 is 1.15 bits per heavy atom. The smallest absolute Gasteiger partial charge is 0.259 e. The second kappa shape index (κ2) is 13.7. The number of piperidine rings is 1. The molecule has 2 aromatic rings. The third-order valence-corrected chi connectivity index (χ3v) is 7.93. The van der Waals surface area contributed by atoms with Crippen molar-refractivity contribution in [1.29, 1.82) is 0 Å². The highest BCUT2D eigenvalue weighted by Gasteiger charge is 2.45. The van der Waals surface area contributed by atoms with Gasteiger partial charge < -0.3 is 45.4 Å². The van der Waals surface area contributed by atoms with Crippen molar-refractivity contribution in [3.05, 3.63) is 45.5 Å². The topological polar surface area (TPSA) is 174 Å². The summed E-state index contributed by atoms with van der Waals surface area (Å²) < 4.78 is 11.8. The Morgan fingerprint density at radius 2 is 1.85 bits per heavy atom. The number of aromatic nitrogens is 1. The largest absolute Gasteiger partial charge is 0.460 e. The van der Waals surface area contributed by atoms with Gasteiger partial charge in [-0.3, -0.25) is 9.59 Å². The van der Waals surface area contributed by atoms with Crippen molar-refractivity contribution in [2.75, 3.05) is 30.3 Å². The number of ether oxygens (including phenoxy) is 2. The predicted molar refractivity (Wildman–Crippen MR) is 154 cm³/mol. The summed E-state index contributed by atoms with van der Waals surface area (Å²) >= 11 is 9.26. The molecule has 14 heteroatoms. The molecule has 3 heterocycles. The molecule has 1 aromatic heterocycles. The van der Waals surface area contributed by atoms with Crippen LogP contribution in [0.2, 0.25) is 5.02 Å². The number of carbonyl (C=O) groups is 2. The SMILES string of the molecule is CC(C)N1CCC(C(=O)Nc2c(O[C@@H]3O[C@H](CO)[C@H](O)[C@H](O)[C@H]3O)cc(Br)cc2C(=O)Nc2ccc(Cl)cn2)CC1. The first-order valence-corrected chi connectivity index (χ1v) is 14.4. The first-order valence-electron chi connectivity index (χ1n) is 13.3. The number of rotatable bonds is 8. The van der Waals surface area contributed by atoms with Gasteiger partial charge in [-0.05, 0) is 64.0 Å². The molecule has 0 unspecified atom stereocenters. The van der Waals surface area contributed by atoms with E-state index in [1.165, 1.54) is 24.4 Å². The number of pyridine rings is 1. The third kappa shape index (κ3) is 7.54. The van der Waals surface area contributed by atoms with Gasteiger partial charge in [0.1, 0.15) is 36.0 Å². The van der Waals surface area contributed by atoms with Crippen molar-refractivity contribution in [1.82, 2.24) is 9.88 Å². The molecule has 0 aliphatic carbocycles. The molecule has 0 saturated carbocycles. The Bertz CT molecular complexity index is 1230. The Morgan fingerprint density at radius 3 is 2.46 bits per heavy atom. The standard InChI is InChI=1S/C27H34BrClN4O8/c1-13(2)33-7-5-14(6-8-33)25(38)32-21-17(26(39)31-20-4-3-16(29)11-30-20)9-15(28)10-18(21)40-27-24(37)23(36)22(35)19(12-34)41-27/h3-4,9-11,13-14,19,22-24,27,34-37H,5-8,12H2,1-2H3,(H,32,38)(H,30,31,39)/t19-,22+,23+,24-,27-/m1/s1. The number of anilines is 2. The van der Waals surface area contributed by atoms with Crippen LogP contribution in [0.15, 0.2) is 34.9 Å². The second-order valence-corrected chi connectivity index (χ2v) is 11.7. The molecule has 2 fully saturated rings. The summed E-state index contributed by atoms with van der Waals surface area (Å²) in [6, 6.07) is 6.40. The van der Waals surface area contributed by atoms with Crippen LogP contribution in [0.25, 0.3) is 0 Å². The lowest BCUT2D eigenvalue weighted by atomic mass is 9.95. The number of hydrogen-bond acceptors (Lipinski definition) is 10. The number of hydrogen-bond donors (Lipinski definition) is 6. The zero-order valence-corrected chi connectivity index (χ0v) is 24.9. The van der Waals surface area contributed by atoms with Gasteiger partial charge in [-0.25, -0.2) is 4.98 Å². The molecule has 2 amide bonds. The van der Waals surface area contributed by atoms with Crippen molar-refractivity contribution in [2.24, 2.45) is 5.92 Å². The molecule has 2 aliphatic rings. The second-order valence-electron chi connectivity index (χ2n) is 10.4. The number of halogens is 2. The Balaban J connectivity index is 1.66. The van der Waals surface area contributed by atoms with Gasteiger partial charge in [0.05, 0.1) is 22.9 Å². The number of amides is 2. The van der Waals surface area contributed by atoms with Gasteiger partial charge in [-0.1, -0.05) is 27.5 Å². The summed E-state index contributed by atoms with van der Waals surface area (Å²) in [6.45, 7) is 5.06. The van der Waals surface area contributed by atoms with Gasteiger partial charge in [0.15, 0.2) is 0 Å². The van der Waals surface area contributed by atoms with Crippen LogP contribution in [0.1, 0.15) is 37.0 Å². The van der Waals surface area contributed by atoms with E-state index in [-0.39, 0.29) is 34.6 Å². The van der Waals surface area contributed by atoms with Crippen LogP contribution in [0.3, 0.4) is 0 Å². The number of nitrogens with one attached hydrogen (secondary N) is 2. The zero-order valence-electron chi connectivity index (χ0n) is 22.5. The van der Waals surface area contributed by atoms with E-state index in [0.717, 1.165) is 13.1 Å². The summed E-state index contributed by atoms with van der Waals surface area (Å²) in [7, 11) is 0. The minimum atomic E-state index is -1.70. The molecule has 2 aliphatic heterocycles. The maximum atomic E-state index is 13.5. The lowest BCUT2D eigenvalue weighted by Crippen LogP contribution is -2.60. The molecule has 5 atom stereocenters. The summed E-state index contributed by atoms with van der Waals surface area (Å²) in [5.41, 5.74) is 0.0246. The van der Waals surface area contributed by atoms with Gasteiger partial charge in [0.25, 0.3) is 5.91 Å². The van der Waals surface area contributed by atoms with Crippen LogP contribution in [-0.2, 0) is 9.53 Å². The lowest BCUT2D eigenvalue weighted by Gasteiger charge is -2.39. The highest BCUT2D eigenvalue weighted by Crippen LogP contribution is 2.37. The van der Waals surface area contributed by atoms with Crippen molar-refractivity contribution in [2.45, 2.75) is 63.4 Å². The number of carbonyl (C=O) groups excluding carboxylic acids is 2. The highest BCUT2D eigenvalue weighted by molar-refractivity contribution is 9.10. The van der Waals surface area contributed by atoms with Crippen LogP contribution in [0, 0.1) is 5.92 Å². The Kier molecular flexibility index (Phi) is 10.6. The molecule has 1 aromatic carbocycles. The normalized spacial score (nSPS) is 25.6. The quantitative estimate of drug-likeness (QED) is 0.247. The molecule has 6 N–H and O–H groups in total. The molecular weight excluding hydrogens is 624 g/mol. The van der Waals surface area contributed by atoms with E-state index in [9.17, 15) is 30.0 Å². The number of nitrogens with zero attached hydrogens (tertiary/aromatic N) is 2. The van der Waals surface area contributed by atoms with Gasteiger partial charge >= 0.3 is 0 Å². The van der Waals surface area contributed by atoms with E-state index in [1.807, 2.05) is 0 Å². The van der Waals surface area contributed by atoms with Crippen molar-refractivity contribution in [3.63, 3.8) is 0 Å². The molecule has 41 heavy (non-hydrogen) atoms. The number of likely N-dealkylation sites (tertiary alicyclic amines) is 1. The Labute approximate surface area is 250 Å². The van der Waals surface area contributed by atoms with Crippen molar-refractivity contribution >= 4 is 50.9 Å². The van der Waals surface area contributed by atoms with Gasteiger partial charge in [-0.15, -0.1) is 0 Å². The van der Waals surface area contributed by atoms with Crippen LogP contribution in [0.5, 0.6) is 5.75 Å². The fraction of sp³-hybridized carbons (Fsp3) is 0.519. The van der Waals surface area contributed by atoms with Crippen LogP contribution in [-0.4, -0.2) is 98.6 Å². The fourth-order valence-corrected chi connectivity index (χ4v) is 5.36. The average Bonchev–Trinajstić information content (AvgIpc) is 2.95. The van der Waals surface area contributed by atoms with Crippen molar-refractivity contribution in [3.8, 4) is 5.75 Å². The van der Waals surface area contributed by atoms with E-state index in [4.69, 9.17) is 21.1 Å². The minimum absolute atomic E-state index is 0.00733. The lowest BCUT2D eigenvalue weighted by molar-refractivity contribution is -0.277. The third-order valence-electron chi connectivity index (χ3n) is 7.25. The summed E-state index contributed by atoms with van der Waals surface area (Å²) in [5, 5.41) is 46.4. The number of aliphatic hydroxyl groups excluding tert-OH is 4. The van der Waals surface area contributed by atoms with Crippen molar-refractivity contribution < 1.29 is 39.5 Å². The monoisotopic (exact) mass is 656 g/mol. The van der Waals surface area contributed by atoms with Crippen LogP contribution >= 0.6 is 27.5 Å². The maximum Gasteiger partial charge on any atom is 0.259 e. The number of aliphatic hydroxyl groups is 4. The molecule has 224 valence electrons. The first-order chi connectivity index (χ1) is 19.5. The molecule has 12 nitrogen and oxygen atoms in total. The fourth-order valence-electron chi connectivity index (χ4n) is 4.81. The van der Waals surface area contributed by atoms with Crippen LogP contribution in [0.4, 0.5) is 11.5 Å². The molecular formula is C27H34BrClN4O8. The highest BCUT2D eigenvalue weighted by atomic mass is 79.9. The van der Waals surface area contributed by atoms with Crippen LogP contribution < -0.4 is 15.4 Å². The average molecular weight is 658 g/mol. The molecule has 2 saturated heterocycles. The zero-order chi connectivity index (χ0) is 29.8. The van der Waals surface area contributed by atoms with Gasteiger partial charge in [-0.2, -0.15) is 0 Å². The van der Waals surface area contributed by atoms with Gasteiger partial charge in [0, 0.05) is 22.6 Å². The summed E-state index contributed by atoms with van der Waals surface area (Å²) in [5.74, 6) is -1.08. The minimum Gasteiger partial charge on any atom is -0.460 e. The molecule has 0 spiro atoms. The Hall–Kier alpha value is -2.36. The molecule has 4 rings (SSSR count). The molecule has 0 radical (unpaired) electrons. The van der Waals surface area contributed by atoms with E-state index >= 15 is 0 Å². The first kappa shape index (κ1) is 31.6. The van der Waals surface area contributed by atoms with E-state index < -0.39 is 43.2 Å². The predicted octanol–water partition coefficient (Wildman–Crippen LogP) is 1.99. The number of benzene rings is 1. The van der Waals surface area contributed by atoms with Gasteiger partial charge in [0.2, 0.25) is 12.2 Å². The molecule has 0 bridgehead atoms. The van der Waals surface area contributed by atoms with E-state index in [2.05, 4.69) is 50.3 Å². The van der Waals surface area contributed by atoms with E-state index in [0.29, 0.717) is 28.4 Å².